The number of aromatic nitrogens is 1. The second-order valence-corrected chi connectivity index (χ2v) is 7.39. The fourth-order valence-electron chi connectivity index (χ4n) is 2.62. The zero-order valence-electron chi connectivity index (χ0n) is 15.2. The topological polar surface area (TPSA) is 85.1 Å². The average Bonchev–Trinajstić information content (AvgIpc) is 3.10. The molecular weight excluding hydrogens is 362 g/mol. The van der Waals surface area contributed by atoms with E-state index in [0.29, 0.717) is 16.6 Å². The first-order valence-corrected chi connectivity index (χ1v) is 9.35. The van der Waals surface area contributed by atoms with Crippen LogP contribution in [-0.4, -0.2) is 15.8 Å². The summed E-state index contributed by atoms with van der Waals surface area (Å²) >= 11 is 1.31. The van der Waals surface area contributed by atoms with Crippen molar-refractivity contribution >= 4 is 28.1 Å². The minimum Gasteiger partial charge on any atom is -0.298 e. The Labute approximate surface area is 161 Å². The van der Waals surface area contributed by atoms with E-state index in [1.807, 2.05) is 17.5 Å². The Bertz CT molecular complexity index is 994. The summed E-state index contributed by atoms with van der Waals surface area (Å²) in [6.45, 7) is 5.92. The Hall–Kier alpha value is -3.06. The largest absolute Gasteiger partial charge is 0.298 e. The number of rotatable bonds is 5. The Morgan fingerprint density at radius 2 is 1.89 bits per heavy atom. The summed E-state index contributed by atoms with van der Waals surface area (Å²) in [6.07, 6.45) is 0. The van der Waals surface area contributed by atoms with E-state index in [9.17, 15) is 14.9 Å². The smallest absolute Gasteiger partial charge is 0.273 e. The molecule has 0 aliphatic heterocycles. The molecule has 7 heteroatoms. The van der Waals surface area contributed by atoms with Gasteiger partial charge in [-0.05, 0) is 24.5 Å². The summed E-state index contributed by atoms with van der Waals surface area (Å²) in [5, 5.41) is 16.1. The normalized spacial score (nSPS) is 10.8. The van der Waals surface area contributed by atoms with Gasteiger partial charge in [0.25, 0.3) is 11.6 Å². The molecule has 0 radical (unpaired) electrons. The molecule has 138 valence electrons. The van der Waals surface area contributed by atoms with Crippen LogP contribution in [0.4, 0.5) is 10.8 Å². The van der Waals surface area contributed by atoms with Crippen LogP contribution >= 0.6 is 11.3 Å². The Morgan fingerprint density at radius 3 is 2.52 bits per heavy atom. The molecule has 6 nitrogen and oxygen atoms in total. The number of aryl methyl sites for hydroxylation is 1. The van der Waals surface area contributed by atoms with Gasteiger partial charge in [0.2, 0.25) is 0 Å². The number of thiazole rings is 1. The van der Waals surface area contributed by atoms with Gasteiger partial charge in [-0.25, -0.2) is 4.98 Å². The number of nitrogens with zero attached hydrogens (tertiary/aromatic N) is 2. The molecule has 1 aromatic heterocycles. The lowest BCUT2D eigenvalue weighted by Crippen LogP contribution is -2.12. The molecule has 0 saturated heterocycles. The minimum absolute atomic E-state index is 0.0762. The van der Waals surface area contributed by atoms with Crippen molar-refractivity contribution in [1.82, 2.24) is 4.98 Å². The van der Waals surface area contributed by atoms with Crippen molar-refractivity contribution < 1.29 is 9.72 Å². The third-order valence-corrected chi connectivity index (χ3v) is 5.02. The fraction of sp³-hybridized carbons (Fsp3) is 0.200. The first-order valence-electron chi connectivity index (χ1n) is 8.47. The molecule has 0 saturated carbocycles. The van der Waals surface area contributed by atoms with Gasteiger partial charge < -0.3 is 0 Å². The van der Waals surface area contributed by atoms with Crippen LogP contribution in [0.25, 0.3) is 11.3 Å². The number of nitro groups is 1. The lowest BCUT2D eigenvalue weighted by Gasteiger charge is -2.05. The van der Waals surface area contributed by atoms with Crippen LogP contribution in [0, 0.1) is 17.0 Å². The van der Waals surface area contributed by atoms with Gasteiger partial charge in [0, 0.05) is 28.1 Å². The number of benzene rings is 2. The first-order chi connectivity index (χ1) is 12.8. The second-order valence-electron chi connectivity index (χ2n) is 6.53. The van der Waals surface area contributed by atoms with E-state index in [-0.39, 0.29) is 11.3 Å². The third kappa shape index (κ3) is 4.20. The van der Waals surface area contributed by atoms with Gasteiger partial charge in [0.05, 0.1) is 10.6 Å². The third-order valence-electron chi connectivity index (χ3n) is 4.27. The molecule has 0 aliphatic rings. The maximum atomic E-state index is 12.4. The van der Waals surface area contributed by atoms with Gasteiger partial charge in [0.15, 0.2) is 5.13 Å². The molecule has 27 heavy (non-hydrogen) atoms. The summed E-state index contributed by atoms with van der Waals surface area (Å²) in [7, 11) is 0. The molecule has 0 unspecified atom stereocenters. The van der Waals surface area contributed by atoms with Crippen LogP contribution in [0.1, 0.15) is 41.3 Å². The fourth-order valence-corrected chi connectivity index (χ4v) is 3.33. The Morgan fingerprint density at radius 1 is 1.19 bits per heavy atom. The van der Waals surface area contributed by atoms with Crippen molar-refractivity contribution in [2.45, 2.75) is 26.7 Å². The van der Waals surface area contributed by atoms with Gasteiger partial charge in [-0.15, -0.1) is 11.3 Å². The van der Waals surface area contributed by atoms with Crippen LogP contribution < -0.4 is 5.32 Å². The average molecular weight is 381 g/mol. The standard InChI is InChI=1S/C20H19N3O3S/c1-12(2)14-6-8-15(9-7-14)17-11-27-20(21-17)22-19(24)16-5-4-13(3)18(10-16)23(25)26/h4-12H,1-3H3,(H,21,22,24). The van der Waals surface area contributed by atoms with E-state index in [1.165, 1.54) is 23.0 Å². The lowest BCUT2D eigenvalue weighted by molar-refractivity contribution is -0.385. The van der Waals surface area contributed by atoms with Crippen molar-refractivity contribution in [3.63, 3.8) is 0 Å². The first kappa shape index (κ1) is 18.7. The molecule has 3 rings (SSSR count). The van der Waals surface area contributed by atoms with Crippen molar-refractivity contribution in [2.75, 3.05) is 5.32 Å². The van der Waals surface area contributed by atoms with Gasteiger partial charge in [0.1, 0.15) is 0 Å². The molecule has 0 aliphatic carbocycles. The van der Waals surface area contributed by atoms with Gasteiger partial charge in [-0.2, -0.15) is 0 Å². The van der Waals surface area contributed by atoms with Crippen molar-refractivity contribution in [3.8, 4) is 11.3 Å². The van der Waals surface area contributed by atoms with E-state index in [1.54, 1.807) is 19.1 Å². The zero-order valence-corrected chi connectivity index (χ0v) is 16.0. The highest BCUT2D eigenvalue weighted by Crippen LogP contribution is 2.27. The second kappa shape index (κ2) is 7.67. The number of amides is 1. The molecule has 0 spiro atoms. The summed E-state index contributed by atoms with van der Waals surface area (Å²) in [5.41, 5.74) is 3.67. The summed E-state index contributed by atoms with van der Waals surface area (Å²) < 4.78 is 0. The number of anilines is 1. The number of nitro benzene ring substituents is 1. The number of hydrogen-bond donors (Lipinski definition) is 1. The Balaban J connectivity index is 1.76. The molecule has 2 aromatic carbocycles. The molecular formula is C20H19N3O3S. The lowest BCUT2D eigenvalue weighted by atomic mass is 10.0. The molecule has 0 bridgehead atoms. The highest BCUT2D eigenvalue weighted by atomic mass is 32.1. The van der Waals surface area contributed by atoms with Crippen molar-refractivity contribution in [2.24, 2.45) is 0 Å². The quantitative estimate of drug-likeness (QED) is 0.473. The summed E-state index contributed by atoms with van der Waals surface area (Å²) in [4.78, 5) is 27.4. The van der Waals surface area contributed by atoms with Crippen LogP contribution in [0.15, 0.2) is 47.8 Å². The predicted octanol–water partition coefficient (Wildman–Crippen LogP) is 5.40. The van der Waals surface area contributed by atoms with E-state index >= 15 is 0 Å². The number of carbonyl (C=O) groups excluding carboxylic acids is 1. The van der Waals surface area contributed by atoms with Crippen LogP contribution in [0.2, 0.25) is 0 Å². The van der Waals surface area contributed by atoms with Crippen molar-refractivity contribution in [3.05, 3.63) is 74.6 Å². The highest BCUT2D eigenvalue weighted by molar-refractivity contribution is 7.14. The number of hydrogen-bond acceptors (Lipinski definition) is 5. The minimum atomic E-state index is -0.492. The van der Waals surface area contributed by atoms with Gasteiger partial charge in [-0.3, -0.25) is 20.2 Å². The van der Waals surface area contributed by atoms with E-state index in [2.05, 4.69) is 36.3 Å². The Kier molecular flexibility index (Phi) is 5.32. The van der Waals surface area contributed by atoms with Crippen LogP contribution in [0.5, 0.6) is 0 Å². The van der Waals surface area contributed by atoms with E-state index in [0.717, 1.165) is 11.3 Å². The molecule has 1 N–H and O–H groups in total. The maximum absolute atomic E-state index is 12.4. The predicted molar refractivity (Wildman–Crippen MR) is 107 cm³/mol. The summed E-state index contributed by atoms with van der Waals surface area (Å²) in [5.74, 6) is 0.0389. The molecule has 1 amide bonds. The molecule has 1 heterocycles. The SMILES string of the molecule is Cc1ccc(C(=O)Nc2nc(-c3ccc(C(C)C)cc3)cs2)cc1[N+](=O)[O-]. The number of carbonyl (C=O) groups is 1. The van der Waals surface area contributed by atoms with Gasteiger partial charge >= 0.3 is 0 Å². The van der Waals surface area contributed by atoms with E-state index in [4.69, 9.17) is 0 Å². The monoisotopic (exact) mass is 381 g/mol. The molecule has 0 fully saturated rings. The number of nitrogens with one attached hydrogen (secondary N) is 1. The molecule has 0 atom stereocenters. The summed E-state index contributed by atoms with van der Waals surface area (Å²) in [6, 6.07) is 12.6. The van der Waals surface area contributed by atoms with Crippen LogP contribution in [0.3, 0.4) is 0 Å². The highest BCUT2D eigenvalue weighted by Gasteiger charge is 2.16. The van der Waals surface area contributed by atoms with Crippen LogP contribution in [-0.2, 0) is 0 Å². The van der Waals surface area contributed by atoms with E-state index < -0.39 is 10.8 Å². The molecule has 3 aromatic rings. The van der Waals surface area contributed by atoms with Crippen molar-refractivity contribution in [1.29, 1.82) is 0 Å². The van der Waals surface area contributed by atoms with Gasteiger partial charge in [-0.1, -0.05) is 44.2 Å². The maximum Gasteiger partial charge on any atom is 0.273 e. The zero-order chi connectivity index (χ0) is 19.6.